The van der Waals surface area contributed by atoms with Crippen LogP contribution in [0.1, 0.15) is 11.1 Å². The van der Waals surface area contributed by atoms with Gasteiger partial charge in [-0.15, -0.1) is 0 Å². The fraction of sp³-hybridized carbons (Fsp3) is 0.278. The SMILES string of the molecule is N#Cc1ccccc1S(=O)(=O)N1CCN(Cc2c(Cl)cccc2Cl)CC1. The first-order valence-electron chi connectivity index (χ1n) is 8.08. The van der Waals surface area contributed by atoms with Gasteiger partial charge in [-0.3, -0.25) is 4.90 Å². The molecule has 136 valence electrons. The predicted octanol–water partition coefficient (Wildman–Crippen LogP) is 3.37. The van der Waals surface area contributed by atoms with Gasteiger partial charge in [-0.25, -0.2) is 8.42 Å². The van der Waals surface area contributed by atoms with Crippen molar-refractivity contribution in [2.45, 2.75) is 11.4 Å². The van der Waals surface area contributed by atoms with Crippen LogP contribution in [0.2, 0.25) is 10.0 Å². The fourth-order valence-electron chi connectivity index (χ4n) is 2.96. The molecule has 0 N–H and O–H groups in total. The largest absolute Gasteiger partial charge is 0.296 e. The summed E-state index contributed by atoms with van der Waals surface area (Å²) in [6.07, 6.45) is 0. The van der Waals surface area contributed by atoms with Crippen LogP contribution in [0.25, 0.3) is 0 Å². The zero-order valence-corrected chi connectivity index (χ0v) is 16.2. The number of nitrogens with zero attached hydrogens (tertiary/aromatic N) is 3. The Hall–Kier alpha value is -1.62. The van der Waals surface area contributed by atoms with Crippen molar-refractivity contribution in [3.8, 4) is 6.07 Å². The van der Waals surface area contributed by atoms with Crippen molar-refractivity contribution < 1.29 is 8.42 Å². The summed E-state index contributed by atoms with van der Waals surface area (Å²) < 4.78 is 27.1. The summed E-state index contributed by atoms with van der Waals surface area (Å²) in [6, 6.07) is 13.6. The first kappa shape index (κ1) is 19.2. The average molecular weight is 410 g/mol. The van der Waals surface area contributed by atoms with Gasteiger partial charge in [0, 0.05) is 48.3 Å². The van der Waals surface area contributed by atoms with Crippen LogP contribution in [0.15, 0.2) is 47.4 Å². The zero-order valence-electron chi connectivity index (χ0n) is 13.9. The van der Waals surface area contributed by atoms with E-state index in [-0.39, 0.29) is 10.5 Å². The van der Waals surface area contributed by atoms with Crippen LogP contribution in [-0.2, 0) is 16.6 Å². The summed E-state index contributed by atoms with van der Waals surface area (Å²) >= 11 is 12.4. The molecule has 0 atom stereocenters. The number of piperazine rings is 1. The van der Waals surface area contributed by atoms with Crippen LogP contribution in [0.5, 0.6) is 0 Å². The van der Waals surface area contributed by atoms with E-state index in [0.717, 1.165) is 5.56 Å². The normalized spacial score (nSPS) is 16.3. The van der Waals surface area contributed by atoms with Gasteiger partial charge in [0.2, 0.25) is 10.0 Å². The van der Waals surface area contributed by atoms with Gasteiger partial charge in [-0.05, 0) is 24.3 Å². The lowest BCUT2D eigenvalue weighted by Crippen LogP contribution is -2.48. The Labute approximate surface area is 163 Å². The maximum atomic E-state index is 12.9. The molecule has 1 heterocycles. The Bertz CT molecular complexity index is 929. The lowest BCUT2D eigenvalue weighted by atomic mass is 10.2. The minimum Gasteiger partial charge on any atom is -0.296 e. The van der Waals surface area contributed by atoms with Crippen molar-refractivity contribution in [1.82, 2.24) is 9.21 Å². The molecule has 0 aromatic heterocycles. The van der Waals surface area contributed by atoms with Crippen molar-refractivity contribution in [2.75, 3.05) is 26.2 Å². The third-order valence-electron chi connectivity index (χ3n) is 4.40. The molecule has 1 aliphatic heterocycles. The van der Waals surface area contributed by atoms with Crippen LogP contribution < -0.4 is 0 Å². The molecular formula is C18H17Cl2N3O2S. The maximum Gasteiger partial charge on any atom is 0.244 e. The minimum absolute atomic E-state index is 0.0603. The molecule has 1 aliphatic rings. The van der Waals surface area contributed by atoms with Gasteiger partial charge in [0.1, 0.15) is 6.07 Å². The molecule has 5 nitrogen and oxygen atoms in total. The van der Waals surface area contributed by atoms with Gasteiger partial charge in [-0.1, -0.05) is 41.4 Å². The van der Waals surface area contributed by atoms with E-state index < -0.39 is 10.0 Å². The Morgan fingerprint density at radius 1 is 0.962 bits per heavy atom. The van der Waals surface area contributed by atoms with Gasteiger partial charge >= 0.3 is 0 Å². The highest BCUT2D eigenvalue weighted by Gasteiger charge is 2.30. The van der Waals surface area contributed by atoms with Crippen LogP contribution >= 0.6 is 23.2 Å². The van der Waals surface area contributed by atoms with Crippen LogP contribution in [0.3, 0.4) is 0 Å². The Morgan fingerprint density at radius 3 is 2.19 bits per heavy atom. The molecule has 1 saturated heterocycles. The van der Waals surface area contributed by atoms with E-state index in [2.05, 4.69) is 4.90 Å². The van der Waals surface area contributed by atoms with Gasteiger partial charge in [0.25, 0.3) is 0 Å². The molecule has 1 fully saturated rings. The Kier molecular flexibility index (Phi) is 5.86. The van der Waals surface area contributed by atoms with Crippen molar-refractivity contribution in [3.63, 3.8) is 0 Å². The molecule has 0 aliphatic carbocycles. The van der Waals surface area contributed by atoms with E-state index in [1.807, 2.05) is 6.07 Å². The first-order valence-corrected chi connectivity index (χ1v) is 10.3. The number of halogens is 2. The lowest BCUT2D eigenvalue weighted by Gasteiger charge is -2.34. The second kappa shape index (κ2) is 7.95. The Morgan fingerprint density at radius 2 is 1.58 bits per heavy atom. The van der Waals surface area contributed by atoms with E-state index in [0.29, 0.717) is 42.8 Å². The van der Waals surface area contributed by atoms with Crippen molar-refractivity contribution in [3.05, 3.63) is 63.6 Å². The molecule has 26 heavy (non-hydrogen) atoms. The topological polar surface area (TPSA) is 64.4 Å². The Balaban J connectivity index is 1.71. The van der Waals surface area contributed by atoms with Crippen LogP contribution in [0.4, 0.5) is 0 Å². The number of hydrogen-bond donors (Lipinski definition) is 0. The van der Waals surface area contributed by atoms with Crippen molar-refractivity contribution in [2.24, 2.45) is 0 Å². The monoisotopic (exact) mass is 409 g/mol. The molecule has 2 aromatic carbocycles. The molecular weight excluding hydrogens is 393 g/mol. The van der Waals surface area contributed by atoms with Gasteiger partial charge in [0.05, 0.1) is 10.5 Å². The third-order valence-corrected chi connectivity index (χ3v) is 7.07. The number of sulfonamides is 1. The van der Waals surface area contributed by atoms with Crippen LogP contribution in [-0.4, -0.2) is 43.8 Å². The molecule has 2 aromatic rings. The summed E-state index contributed by atoms with van der Waals surface area (Å²) in [4.78, 5) is 2.18. The predicted molar refractivity (Wildman–Crippen MR) is 102 cm³/mol. The third kappa shape index (κ3) is 3.88. The molecule has 0 saturated carbocycles. The van der Waals surface area contributed by atoms with Gasteiger partial charge in [0.15, 0.2) is 0 Å². The van der Waals surface area contributed by atoms with E-state index in [9.17, 15) is 13.7 Å². The molecule has 0 amide bonds. The maximum absolute atomic E-state index is 12.9. The van der Waals surface area contributed by atoms with E-state index >= 15 is 0 Å². The van der Waals surface area contributed by atoms with E-state index in [4.69, 9.17) is 23.2 Å². The standard InChI is InChI=1S/C18H17Cl2N3O2S/c19-16-5-3-6-17(20)15(16)13-22-8-10-23(11-9-22)26(24,25)18-7-2-1-4-14(18)12-21/h1-7H,8-11,13H2. The fourth-order valence-corrected chi connectivity index (χ4v) is 5.04. The number of benzene rings is 2. The van der Waals surface area contributed by atoms with E-state index in [1.165, 1.54) is 16.4 Å². The summed E-state index contributed by atoms with van der Waals surface area (Å²) in [5.74, 6) is 0. The summed E-state index contributed by atoms with van der Waals surface area (Å²) in [7, 11) is -3.69. The summed E-state index contributed by atoms with van der Waals surface area (Å²) in [5.41, 5.74) is 1.01. The van der Waals surface area contributed by atoms with Crippen molar-refractivity contribution in [1.29, 1.82) is 5.26 Å². The smallest absolute Gasteiger partial charge is 0.244 e. The second-order valence-electron chi connectivity index (χ2n) is 5.99. The summed E-state index contributed by atoms with van der Waals surface area (Å²) in [6.45, 7) is 2.40. The molecule has 8 heteroatoms. The second-order valence-corrected chi connectivity index (χ2v) is 8.71. The average Bonchev–Trinajstić information content (AvgIpc) is 2.65. The molecule has 0 bridgehead atoms. The van der Waals surface area contributed by atoms with Crippen LogP contribution in [0, 0.1) is 11.3 Å². The van der Waals surface area contributed by atoms with Crippen molar-refractivity contribution >= 4 is 33.2 Å². The lowest BCUT2D eigenvalue weighted by molar-refractivity contribution is 0.181. The quantitative estimate of drug-likeness (QED) is 0.776. The van der Waals surface area contributed by atoms with Gasteiger partial charge in [-0.2, -0.15) is 9.57 Å². The first-order chi connectivity index (χ1) is 12.4. The number of hydrogen-bond acceptors (Lipinski definition) is 4. The molecule has 0 spiro atoms. The zero-order chi connectivity index (χ0) is 18.7. The molecule has 0 radical (unpaired) electrons. The van der Waals surface area contributed by atoms with E-state index in [1.54, 1.807) is 30.3 Å². The molecule has 0 unspecified atom stereocenters. The van der Waals surface area contributed by atoms with Gasteiger partial charge < -0.3 is 0 Å². The summed E-state index contributed by atoms with van der Waals surface area (Å²) in [5, 5.41) is 10.4. The highest BCUT2D eigenvalue weighted by molar-refractivity contribution is 7.89. The number of rotatable bonds is 4. The molecule has 3 rings (SSSR count). The number of nitriles is 1. The highest BCUT2D eigenvalue weighted by atomic mass is 35.5. The minimum atomic E-state index is -3.69. The highest BCUT2D eigenvalue weighted by Crippen LogP contribution is 2.27.